The lowest BCUT2D eigenvalue weighted by Gasteiger charge is -2.05. The first kappa shape index (κ1) is 15.2. The molecule has 1 aromatic carbocycles. The van der Waals surface area contributed by atoms with E-state index in [1.807, 2.05) is 0 Å². The number of hydrogen-bond acceptors (Lipinski definition) is 6. The Balaban J connectivity index is 1.41. The monoisotopic (exact) mass is 338 g/mol. The van der Waals surface area contributed by atoms with Crippen LogP contribution in [-0.2, 0) is 4.79 Å². The first-order chi connectivity index (χ1) is 10.7. The van der Waals surface area contributed by atoms with Crippen molar-refractivity contribution < 1.29 is 9.18 Å². The summed E-state index contributed by atoms with van der Waals surface area (Å²) in [4.78, 5) is 11.8. The Kier molecular flexibility index (Phi) is 4.89. The van der Waals surface area contributed by atoms with Crippen LogP contribution in [0.15, 0.2) is 28.6 Å². The molecule has 1 fully saturated rings. The van der Waals surface area contributed by atoms with Crippen molar-refractivity contribution in [3.8, 4) is 0 Å². The summed E-state index contributed by atoms with van der Waals surface area (Å²) in [7, 11) is 0. The summed E-state index contributed by atoms with van der Waals surface area (Å²) in [6, 6.07) is 6.69. The van der Waals surface area contributed by atoms with Crippen molar-refractivity contribution >= 4 is 39.8 Å². The molecule has 0 aliphatic heterocycles. The van der Waals surface area contributed by atoms with E-state index in [-0.39, 0.29) is 11.6 Å². The number of amides is 1. The van der Waals surface area contributed by atoms with E-state index >= 15 is 0 Å². The molecule has 2 aromatic rings. The van der Waals surface area contributed by atoms with Gasteiger partial charge >= 0.3 is 0 Å². The Bertz CT molecular complexity index is 660. The molecule has 1 aliphatic carbocycles. The molecule has 0 bridgehead atoms. The van der Waals surface area contributed by atoms with E-state index in [2.05, 4.69) is 20.8 Å². The first-order valence-electron chi connectivity index (χ1n) is 6.98. The number of carbonyl (C=O) groups excluding carboxylic acids is 1. The standard InChI is InChI=1S/C14H15FN4OS2/c15-10-3-1-2-4-11(10)17-12(20)7-8-21-14-19-18-13(22-14)16-9-5-6-9/h1-4,9H,5-8H2,(H,16,18)(H,17,20). The Morgan fingerprint density at radius 2 is 2.18 bits per heavy atom. The normalized spacial score (nSPS) is 13.9. The van der Waals surface area contributed by atoms with E-state index in [4.69, 9.17) is 0 Å². The van der Waals surface area contributed by atoms with E-state index in [0.29, 0.717) is 18.2 Å². The number of nitrogens with zero attached hydrogens (tertiary/aromatic N) is 2. The van der Waals surface area contributed by atoms with Crippen LogP contribution in [-0.4, -0.2) is 27.9 Å². The molecule has 2 N–H and O–H groups in total. The SMILES string of the molecule is O=C(CCSc1nnc(NC2CC2)s1)Nc1ccccc1F. The van der Waals surface area contributed by atoms with Crippen LogP contribution in [0.4, 0.5) is 15.2 Å². The van der Waals surface area contributed by atoms with Gasteiger partial charge in [0, 0.05) is 18.2 Å². The minimum Gasteiger partial charge on any atom is -0.357 e. The highest BCUT2D eigenvalue weighted by molar-refractivity contribution is 8.01. The highest BCUT2D eigenvalue weighted by atomic mass is 32.2. The van der Waals surface area contributed by atoms with Gasteiger partial charge in [0.2, 0.25) is 11.0 Å². The van der Waals surface area contributed by atoms with Crippen LogP contribution in [0, 0.1) is 5.82 Å². The zero-order chi connectivity index (χ0) is 15.4. The summed E-state index contributed by atoms with van der Waals surface area (Å²) in [5.41, 5.74) is 0.212. The number of para-hydroxylation sites is 1. The Hall–Kier alpha value is -1.67. The van der Waals surface area contributed by atoms with Gasteiger partial charge in [-0.15, -0.1) is 10.2 Å². The van der Waals surface area contributed by atoms with E-state index in [1.54, 1.807) is 18.2 Å². The first-order valence-corrected chi connectivity index (χ1v) is 8.78. The summed E-state index contributed by atoms with van der Waals surface area (Å²) >= 11 is 2.98. The molecule has 0 radical (unpaired) electrons. The van der Waals surface area contributed by atoms with Crippen LogP contribution in [0.5, 0.6) is 0 Å². The number of halogens is 1. The van der Waals surface area contributed by atoms with Gasteiger partial charge in [-0.05, 0) is 25.0 Å². The lowest BCUT2D eigenvalue weighted by atomic mass is 10.3. The van der Waals surface area contributed by atoms with Gasteiger partial charge < -0.3 is 10.6 Å². The molecule has 22 heavy (non-hydrogen) atoms. The van der Waals surface area contributed by atoms with Gasteiger partial charge in [-0.3, -0.25) is 4.79 Å². The summed E-state index contributed by atoms with van der Waals surface area (Å²) in [6.07, 6.45) is 2.68. The van der Waals surface area contributed by atoms with E-state index in [9.17, 15) is 9.18 Å². The molecule has 0 spiro atoms. The highest BCUT2D eigenvalue weighted by Crippen LogP contribution is 2.30. The van der Waals surface area contributed by atoms with Crippen molar-refractivity contribution in [1.82, 2.24) is 10.2 Å². The third-order valence-corrected chi connectivity index (χ3v) is 5.00. The second kappa shape index (κ2) is 7.06. The molecule has 1 saturated carbocycles. The van der Waals surface area contributed by atoms with Crippen molar-refractivity contribution in [1.29, 1.82) is 0 Å². The summed E-state index contributed by atoms with van der Waals surface area (Å²) in [6.45, 7) is 0. The van der Waals surface area contributed by atoms with Gasteiger partial charge in [-0.25, -0.2) is 4.39 Å². The maximum atomic E-state index is 13.4. The predicted octanol–water partition coefficient (Wildman–Crippen LogP) is 3.37. The third-order valence-electron chi connectivity index (χ3n) is 3.01. The average molecular weight is 338 g/mol. The van der Waals surface area contributed by atoms with Crippen LogP contribution in [0.25, 0.3) is 0 Å². The average Bonchev–Trinajstić information content (AvgIpc) is 3.20. The largest absolute Gasteiger partial charge is 0.357 e. The Labute approximate surface area is 135 Å². The number of aromatic nitrogens is 2. The maximum Gasteiger partial charge on any atom is 0.225 e. The molecule has 5 nitrogen and oxygen atoms in total. The van der Waals surface area contributed by atoms with Gasteiger partial charge in [0.05, 0.1) is 5.69 Å². The minimum atomic E-state index is -0.427. The number of benzene rings is 1. The Morgan fingerprint density at radius 3 is 2.95 bits per heavy atom. The Morgan fingerprint density at radius 1 is 1.36 bits per heavy atom. The molecule has 1 aromatic heterocycles. The number of carbonyl (C=O) groups is 1. The molecule has 0 atom stereocenters. The van der Waals surface area contributed by atoms with Gasteiger partial charge in [-0.2, -0.15) is 0 Å². The fraction of sp³-hybridized carbons (Fsp3) is 0.357. The van der Waals surface area contributed by atoms with Crippen LogP contribution in [0.3, 0.4) is 0 Å². The molecule has 0 saturated heterocycles. The molecule has 0 unspecified atom stereocenters. The van der Waals surface area contributed by atoms with Crippen molar-refractivity contribution in [3.05, 3.63) is 30.1 Å². The highest BCUT2D eigenvalue weighted by Gasteiger charge is 2.22. The van der Waals surface area contributed by atoms with Crippen LogP contribution < -0.4 is 10.6 Å². The predicted molar refractivity (Wildman–Crippen MR) is 86.9 cm³/mol. The quantitative estimate of drug-likeness (QED) is 0.758. The molecule has 116 valence electrons. The second-order valence-electron chi connectivity index (χ2n) is 4.92. The topological polar surface area (TPSA) is 66.9 Å². The van der Waals surface area contributed by atoms with Crippen LogP contribution in [0.1, 0.15) is 19.3 Å². The number of anilines is 2. The molecule has 1 heterocycles. The summed E-state index contributed by atoms with van der Waals surface area (Å²) < 4.78 is 14.2. The van der Waals surface area contributed by atoms with Gasteiger partial charge in [-0.1, -0.05) is 35.2 Å². The summed E-state index contributed by atoms with van der Waals surface area (Å²) in [5, 5.41) is 14.8. The van der Waals surface area contributed by atoms with Crippen LogP contribution >= 0.6 is 23.1 Å². The smallest absolute Gasteiger partial charge is 0.225 e. The molecule has 3 rings (SSSR count). The van der Waals surface area contributed by atoms with Crippen molar-refractivity contribution in [3.63, 3.8) is 0 Å². The van der Waals surface area contributed by atoms with Gasteiger partial charge in [0.15, 0.2) is 4.34 Å². The number of nitrogens with one attached hydrogen (secondary N) is 2. The number of thioether (sulfide) groups is 1. The lowest BCUT2D eigenvalue weighted by molar-refractivity contribution is -0.115. The molecule has 1 aliphatic rings. The van der Waals surface area contributed by atoms with Crippen molar-refractivity contribution in [2.24, 2.45) is 0 Å². The minimum absolute atomic E-state index is 0.210. The maximum absolute atomic E-state index is 13.4. The molecular formula is C14H15FN4OS2. The fourth-order valence-electron chi connectivity index (χ4n) is 1.74. The van der Waals surface area contributed by atoms with Crippen molar-refractivity contribution in [2.45, 2.75) is 29.6 Å². The molecule has 8 heteroatoms. The van der Waals surface area contributed by atoms with Gasteiger partial charge in [0.25, 0.3) is 0 Å². The third kappa shape index (κ3) is 4.41. The zero-order valence-electron chi connectivity index (χ0n) is 11.7. The van der Waals surface area contributed by atoms with E-state index in [0.717, 1.165) is 9.47 Å². The molecule has 1 amide bonds. The van der Waals surface area contributed by atoms with Crippen molar-refractivity contribution in [2.75, 3.05) is 16.4 Å². The fourth-order valence-corrected chi connectivity index (χ4v) is 3.57. The zero-order valence-corrected chi connectivity index (χ0v) is 13.3. The number of hydrogen-bond donors (Lipinski definition) is 2. The van der Waals surface area contributed by atoms with Gasteiger partial charge in [0.1, 0.15) is 5.82 Å². The van der Waals surface area contributed by atoms with E-state index in [1.165, 1.54) is 42.0 Å². The lowest BCUT2D eigenvalue weighted by Crippen LogP contribution is -2.13. The van der Waals surface area contributed by atoms with Crippen LogP contribution in [0.2, 0.25) is 0 Å². The number of rotatable bonds is 7. The second-order valence-corrected chi connectivity index (χ2v) is 7.24. The molecular weight excluding hydrogens is 323 g/mol. The summed E-state index contributed by atoms with van der Waals surface area (Å²) in [5.74, 6) is -0.0555. The van der Waals surface area contributed by atoms with E-state index < -0.39 is 5.82 Å².